The van der Waals surface area contributed by atoms with Crippen LogP contribution in [0.2, 0.25) is 0 Å². The van der Waals surface area contributed by atoms with Crippen LogP contribution in [0.5, 0.6) is 0 Å². The number of hydrogen-bond acceptors (Lipinski definition) is 4. The first kappa shape index (κ1) is 17.3. The lowest BCUT2D eigenvalue weighted by Gasteiger charge is -2.21. The molecule has 2 aromatic heterocycles. The number of amides is 1. The van der Waals surface area contributed by atoms with Crippen molar-refractivity contribution >= 4 is 16.9 Å². The van der Waals surface area contributed by atoms with Crippen LogP contribution < -0.4 is 0 Å². The number of carbonyl (C=O) groups is 1. The first-order valence-corrected chi connectivity index (χ1v) is 8.35. The minimum atomic E-state index is 0.0226. The summed E-state index contributed by atoms with van der Waals surface area (Å²) in [5.74, 6) is 0.780. The SMILES string of the molecule is COCCN(Cc1ccco1)C(=O)Cc1coc2cc(C)c(C)cc12. The molecule has 0 radical (unpaired) electrons. The van der Waals surface area contributed by atoms with E-state index in [0.717, 1.165) is 22.3 Å². The third kappa shape index (κ3) is 3.94. The monoisotopic (exact) mass is 341 g/mol. The molecular weight excluding hydrogens is 318 g/mol. The van der Waals surface area contributed by atoms with E-state index in [9.17, 15) is 4.79 Å². The van der Waals surface area contributed by atoms with Crippen LogP contribution in [0.25, 0.3) is 11.0 Å². The molecule has 0 aliphatic heterocycles. The minimum absolute atomic E-state index is 0.0226. The van der Waals surface area contributed by atoms with Gasteiger partial charge in [-0.1, -0.05) is 0 Å². The maximum Gasteiger partial charge on any atom is 0.227 e. The molecule has 25 heavy (non-hydrogen) atoms. The highest BCUT2D eigenvalue weighted by Gasteiger charge is 2.18. The molecule has 0 fully saturated rings. The molecule has 3 aromatic rings. The lowest BCUT2D eigenvalue weighted by molar-refractivity contribution is -0.132. The van der Waals surface area contributed by atoms with Crippen LogP contribution >= 0.6 is 0 Å². The summed E-state index contributed by atoms with van der Waals surface area (Å²) in [6.45, 7) is 5.55. The van der Waals surface area contributed by atoms with Crippen LogP contribution in [0.3, 0.4) is 0 Å². The van der Waals surface area contributed by atoms with Gasteiger partial charge in [-0.25, -0.2) is 0 Å². The molecule has 5 heteroatoms. The van der Waals surface area contributed by atoms with Crippen molar-refractivity contribution in [3.8, 4) is 0 Å². The van der Waals surface area contributed by atoms with Crippen molar-refractivity contribution in [2.24, 2.45) is 0 Å². The van der Waals surface area contributed by atoms with Gasteiger partial charge in [0.2, 0.25) is 5.91 Å². The van der Waals surface area contributed by atoms with E-state index in [4.69, 9.17) is 13.6 Å². The van der Waals surface area contributed by atoms with Crippen molar-refractivity contribution in [3.05, 3.63) is 59.2 Å². The number of fused-ring (bicyclic) bond motifs is 1. The predicted molar refractivity (Wildman–Crippen MR) is 95.4 cm³/mol. The maximum atomic E-state index is 12.8. The molecule has 2 heterocycles. The summed E-state index contributed by atoms with van der Waals surface area (Å²) in [5.41, 5.74) is 4.10. The molecule has 0 spiro atoms. The fourth-order valence-electron chi connectivity index (χ4n) is 2.83. The lowest BCUT2D eigenvalue weighted by Crippen LogP contribution is -2.34. The zero-order chi connectivity index (χ0) is 17.8. The normalized spacial score (nSPS) is 11.2. The summed E-state index contributed by atoms with van der Waals surface area (Å²) >= 11 is 0. The molecule has 1 amide bonds. The van der Waals surface area contributed by atoms with Gasteiger partial charge < -0.3 is 18.5 Å². The standard InChI is InChI=1S/C20H23NO4/c1-14-9-18-16(13-25-19(18)10-15(14)2)11-20(22)21(6-8-23-3)12-17-5-4-7-24-17/h4-5,7,9-10,13H,6,8,11-12H2,1-3H3. The molecule has 0 unspecified atom stereocenters. The van der Waals surface area contributed by atoms with Gasteiger partial charge in [0.1, 0.15) is 11.3 Å². The van der Waals surface area contributed by atoms with Crippen LogP contribution in [-0.2, 0) is 22.5 Å². The topological polar surface area (TPSA) is 55.8 Å². The fourth-order valence-corrected chi connectivity index (χ4v) is 2.83. The number of carbonyl (C=O) groups excluding carboxylic acids is 1. The van der Waals surface area contributed by atoms with Crippen molar-refractivity contribution < 1.29 is 18.4 Å². The molecule has 3 rings (SSSR count). The first-order chi connectivity index (χ1) is 12.1. The first-order valence-electron chi connectivity index (χ1n) is 8.35. The Morgan fingerprint density at radius 1 is 1.20 bits per heavy atom. The number of aryl methyl sites for hydroxylation is 2. The number of benzene rings is 1. The summed E-state index contributed by atoms with van der Waals surface area (Å²) in [4.78, 5) is 14.6. The van der Waals surface area contributed by atoms with Crippen molar-refractivity contribution in [2.75, 3.05) is 20.3 Å². The quantitative estimate of drug-likeness (QED) is 0.655. The minimum Gasteiger partial charge on any atom is -0.467 e. The second kappa shape index (κ2) is 7.57. The number of rotatable bonds is 7. The van der Waals surface area contributed by atoms with E-state index in [0.29, 0.717) is 26.1 Å². The molecule has 0 saturated heterocycles. The Kier molecular flexibility index (Phi) is 5.24. The summed E-state index contributed by atoms with van der Waals surface area (Å²) in [6.07, 6.45) is 3.59. The van der Waals surface area contributed by atoms with Gasteiger partial charge in [-0.2, -0.15) is 0 Å². The number of nitrogens with zero attached hydrogens (tertiary/aromatic N) is 1. The molecule has 0 aliphatic carbocycles. The van der Waals surface area contributed by atoms with E-state index in [1.165, 1.54) is 11.1 Å². The summed E-state index contributed by atoms with van der Waals surface area (Å²) in [6, 6.07) is 7.79. The molecule has 1 aromatic carbocycles. The molecule has 132 valence electrons. The molecule has 0 N–H and O–H groups in total. The van der Waals surface area contributed by atoms with Crippen molar-refractivity contribution in [1.82, 2.24) is 4.90 Å². The Morgan fingerprint density at radius 3 is 2.72 bits per heavy atom. The van der Waals surface area contributed by atoms with Gasteiger partial charge in [0.15, 0.2) is 0 Å². The molecule has 0 atom stereocenters. The van der Waals surface area contributed by atoms with Crippen molar-refractivity contribution in [1.29, 1.82) is 0 Å². The van der Waals surface area contributed by atoms with Gasteiger partial charge >= 0.3 is 0 Å². The number of furan rings is 2. The largest absolute Gasteiger partial charge is 0.467 e. The molecule has 0 bridgehead atoms. The van der Waals surface area contributed by atoms with E-state index in [-0.39, 0.29) is 5.91 Å². The van der Waals surface area contributed by atoms with Gasteiger partial charge in [-0.15, -0.1) is 0 Å². The Bertz CT molecular complexity index is 848. The smallest absolute Gasteiger partial charge is 0.227 e. The Labute approximate surface area is 147 Å². The maximum absolute atomic E-state index is 12.8. The zero-order valence-corrected chi connectivity index (χ0v) is 14.9. The number of methoxy groups -OCH3 is 1. The van der Waals surface area contributed by atoms with Crippen LogP contribution in [-0.4, -0.2) is 31.1 Å². The van der Waals surface area contributed by atoms with Gasteiger partial charge in [0, 0.05) is 24.6 Å². The second-order valence-electron chi connectivity index (χ2n) is 6.26. The Hall–Kier alpha value is -2.53. The van der Waals surface area contributed by atoms with Crippen LogP contribution in [0.4, 0.5) is 0 Å². The van der Waals surface area contributed by atoms with Crippen LogP contribution in [0, 0.1) is 13.8 Å². The van der Waals surface area contributed by atoms with Gasteiger partial charge in [0.05, 0.1) is 32.1 Å². The third-order valence-electron chi connectivity index (χ3n) is 4.46. The van der Waals surface area contributed by atoms with Crippen LogP contribution in [0.15, 0.2) is 45.6 Å². The second-order valence-corrected chi connectivity index (χ2v) is 6.26. The highest BCUT2D eigenvalue weighted by Crippen LogP contribution is 2.25. The van der Waals surface area contributed by atoms with E-state index < -0.39 is 0 Å². The molecule has 5 nitrogen and oxygen atoms in total. The molecule has 0 aliphatic rings. The molecule has 0 saturated carbocycles. The Morgan fingerprint density at radius 2 is 2.00 bits per heavy atom. The van der Waals surface area contributed by atoms with E-state index in [1.807, 2.05) is 18.2 Å². The fraction of sp³-hybridized carbons (Fsp3) is 0.350. The van der Waals surface area contributed by atoms with E-state index in [2.05, 4.69) is 19.9 Å². The summed E-state index contributed by atoms with van der Waals surface area (Å²) in [7, 11) is 1.63. The van der Waals surface area contributed by atoms with E-state index in [1.54, 1.807) is 24.5 Å². The predicted octanol–water partition coefficient (Wildman–Crippen LogP) is 3.86. The van der Waals surface area contributed by atoms with Crippen molar-refractivity contribution in [2.45, 2.75) is 26.8 Å². The van der Waals surface area contributed by atoms with Gasteiger partial charge in [-0.3, -0.25) is 4.79 Å². The third-order valence-corrected chi connectivity index (χ3v) is 4.46. The van der Waals surface area contributed by atoms with Gasteiger partial charge in [-0.05, 0) is 49.2 Å². The average Bonchev–Trinajstić information content (AvgIpc) is 3.23. The highest BCUT2D eigenvalue weighted by atomic mass is 16.5. The number of ether oxygens (including phenoxy) is 1. The average molecular weight is 341 g/mol. The Balaban J connectivity index is 1.79. The highest BCUT2D eigenvalue weighted by molar-refractivity contribution is 5.88. The number of hydrogen-bond donors (Lipinski definition) is 0. The zero-order valence-electron chi connectivity index (χ0n) is 14.9. The summed E-state index contributed by atoms with van der Waals surface area (Å²) in [5, 5.41) is 1.00. The lowest BCUT2D eigenvalue weighted by atomic mass is 10.0. The van der Waals surface area contributed by atoms with Crippen LogP contribution in [0.1, 0.15) is 22.5 Å². The summed E-state index contributed by atoms with van der Waals surface area (Å²) < 4.78 is 16.1. The van der Waals surface area contributed by atoms with E-state index >= 15 is 0 Å². The van der Waals surface area contributed by atoms with Crippen molar-refractivity contribution in [3.63, 3.8) is 0 Å². The molecular formula is C20H23NO4. The van der Waals surface area contributed by atoms with Gasteiger partial charge in [0.25, 0.3) is 0 Å².